The average molecular weight is 378 g/mol. The number of hydrogen-bond donors (Lipinski definition) is 3. The highest BCUT2D eigenvalue weighted by Gasteiger charge is 2.30. The number of phenols is 1. The smallest absolute Gasteiger partial charge is 0.507 e. The molecule has 0 spiro atoms. The van der Waals surface area contributed by atoms with Gasteiger partial charge in [0.1, 0.15) is 22.8 Å². The Kier molecular flexibility index (Phi) is 4.93. The van der Waals surface area contributed by atoms with Crippen molar-refractivity contribution in [1.82, 2.24) is 0 Å². The van der Waals surface area contributed by atoms with Crippen LogP contribution in [0.5, 0.6) is 11.7 Å². The molecule has 0 fully saturated rings. The van der Waals surface area contributed by atoms with Gasteiger partial charge in [-0.05, 0) is 36.0 Å². The third-order valence-electron chi connectivity index (χ3n) is 4.55. The van der Waals surface area contributed by atoms with Crippen LogP contribution in [0.1, 0.15) is 36.5 Å². The summed E-state index contributed by atoms with van der Waals surface area (Å²) in [4.78, 5) is 34.1. The molecule has 144 valence electrons. The minimum absolute atomic E-state index is 0.0347. The normalized spacial score (nSPS) is 16.0. The molecule has 9 heteroatoms. The Morgan fingerprint density at radius 3 is 2.63 bits per heavy atom. The van der Waals surface area contributed by atoms with Crippen molar-refractivity contribution in [3.8, 4) is 11.7 Å². The van der Waals surface area contributed by atoms with Crippen molar-refractivity contribution < 1.29 is 38.8 Å². The van der Waals surface area contributed by atoms with Crippen molar-refractivity contribution >= 4 is 23.3 Å². The van der Waals surface area contributed by atoms with E-state index in [1.807, 2.05) is 6.92 Å². The van der Waals surface area contributed by atoms with E-state index in [1.165, 1.54) is 0 Å². The molecule has 1 aliphatic carbocycles. The SMILES string of the molecule is CCCc1c2c(c(O)c3c(=O)cc(OC(=O)O)oc13)CCC(OC(=O)O)C2. The van der Waals surface area contributed by atoms with E-state index in [-0.39, 0.29) is 23.1 Å². The summed E-state index contributed by atoms with van der Waals surface area (Å²) in [5, 5.41) is 28.2. The highest BCUT2D eigenvalue weighted by molar-refractivity contribution is 5.89. The van der Waals surface area contributed by atoms with Crippen molar-refractivity contribution in [2.45, 2.75) is 45.1 Å². The largest absolute Gasteiger partial charge is 0.513 e. The molecular formula is C18H18O9. The lowest BCUT2D eigenvalue weighted by Gasteiger charge is -2.27. The summed E-state index contributed by atoms with van der Waals surface area (Å²) in [5.41, 5.74) is 1.28. The molecule has 1 unspecified atom stereocenters. The molecule has 27 heavy (non-hydrogen) atoms. The Morgan fingerprint density at radius 2 is 2.00 bits per heavy atom. The number of phenolic OH excluding ortho intramolecular Hbond substituents is 1. The zero-order valence-corrected chi connectivity index (χ0v) is 14.5. The van der Waals surface area contributed by atoms with Crippen LogP contribution in [-0.4, -0.2) is 33.7 Å². The number of benzene rings is 1. The monoisotopic (exact) mass is 378 g/mol. The van der Waals surface area contributed by atoms with E-state index >= 15 is 0 Å². The topological polar surface area (TPSA) is 144 Å². The lowest BCUT2D eigenvalue weighted by Crippen LogP contribution is -2.26. The standard InChI is InChI=1S/C18H18O9/c1-2-3-10-11-6-8(25-17(21)22)4-5-9(11)15(20)14-12(19)7-13(26-16(10)14)27-18(23)24/h7-8,20H,2-6H2,1H3,(H,21,22)(H,23,24). The van der Waals surface area contributed by atoms with Crippen LogP contribution < -0.4 is 10.2 Å². The van der Waals surface area contributed by atoms with Crippen molar-refractivity contribution in [3.05, 3.63) is 33.0 Å². The molecule has 1 aromatic carbocycles. The minimum atomic E-state index is -1.63. The Hall–Kier alpha value is -3.23. The molecule has 1 heterocycles. The number of fused-ring (bicyclic) bond motifs is 2. The highest BCUT2D eigenvalue weighted by atomic mass is 16.7. The van der Waals surface area contributed by atoms with E-state index in [2.05, 4.69) is 4.74 Å². The maximum absolute atomic E-state index is 12.5. The van der Waals surface area contributed by atoms with E-state index in [1.54, 1.807) is 0 Å². The Bertz CT molecular complexity index is 973. The van der Waals surface area contributed by atoms with Crippen molar-refractivity contribution in [2.24, 2.45) is 0 Å². The van der Waals surface area contributed by atoms with Crippen LogP contribution in [0.4, 0.5) is 9.59 Å². The second-order valence-corrected chi connectivity index (χ2v) is 6.28. The fourth-order valence-corrected chi connectivity index (χ4v) is 3.57. The molecule has 1 aromatic heterocycles. The van der Waals surface area contributed by atoms with Gasteiger partial charge in [-0.15, -0.1) is 0 Å². The molecule has 0 radical (unpaired) electrons. The van der Waals surface area contributed by atoms with Crippen LogP contribution in [0.3, 0.4) is 0 Å². The molecule has 9 nitrogen and oxygen atoms in total. The highest BCUT2D eigenvalue weighted by Crippen LogP contribution is 2.40. The number of aryl methyl sites for hydroxylation is 1. The van der Waals surface area contributed by atoms with Gasteiger partial charge in [0.15, 0.2) is 5.43 Å². The second kappa shape index (κ2) is 7.18. The predicted molar refractivity (Wildman–Crippen MR) is 91.7 cm³/mol. The minimum Gasteiger partial charge on any atom is -0.507 e. The summed E-state index contributed by atoms with van der Waals surface area (Å²) in [7, 11) is 0. The van der Waals surface area contributed by atoms with Crippen molar-refractivity contribution in [2.75, 3.05) is 0 Å². The Balaban J connectivity index is 2.24. The molecule has 1 atom stereocenters. The molecule has 3 rings (SSSR count). The van der Waals surface area contributed by atoms with E-state index in [9.17, 15) is 19.5 Å². The zero-order chi connectivity index (χ0) is 19.7. The van der Waals surface area contributed by atoms with Crippen LogP contribution in [0, 0.1) is 0 Å². The van der Waals surface area contributed by atoms with Gasteiger partial charge in [-0.3, -0.25) is 4.79 Å². The summed E-state index contributed by atoms with van der Waals surface area (Å²) >= 11 is 0. The summed E-state index contributed by atoms with van der Waals surface area (Å²) in [6.07, 6.45) is -1.46. The van der Waals surface area contributed by atoms with Gasteiger partial charge in [0.25, 0.3) is 5.95 Å². The number of carbonyl (C=O) groups is 2. The van der Waals surface area contributed by atoms with Crippen LogP contribution in [0.2, 0.25) is 0 Å². The quantitative estimate of drug-likeness (QED) is 0.684. The first kappa shape index (κ1) is 18.6. The van der Waals surface area contributed by atoms with Crippen molar-refractivity contribution in [3.63, 3.8) is 0 Å². The van der Waals surface area contributed by atoms with Gasteiger partial charge in [0, 0.05) is 6.42 Å². The van der Waals surface area contributed by atoms with Gasteiger partial charge in [0.2, 0.25) is 0 Å². The fraction of sp³-hybridized carbons (Fsp3) is 0.389. The number of hydrogen-bond acceptors (Lipinski definition) is 7. The first-order valence-electron chi connectivity index (χ1n) is 8.45. The van der Waals surface area contributed by atoms with Crippen molar-refractivity contribution in [1.29, 1.82) is 0 Å². The number of carboxylic acid groups (broad SMARTS) is 2. The zero-order valence-electron chi connectivity index (χ0n) is 14.5. The predicted octanol–water partition coefficient (Wildman–Crippen LogP) is 3.06. The molecule has 0 bridgehead atoms. The van der Waals surface area contributed by atoms with E-state index in [0.717, 1.165) is 6.07 Å². The molecule has 1 aliphatic rings. The van der Waals surface area contributed by atoms with Crippen LogP contribution in [-0.2, 0) is 24.0 Å². The molecule has 0 aliphatic heterocycles. The molecular weight excluding hydrogens is 360 g/mol. The fourth-order valence-electron chi connectivity index (χ4n) is 3.57. The Labute approximate surface area is 152 Å². The molecule has 0 saturated carbocycles. The third-order valence-corrected chi connectivity index (χ3v) is 4.55. The molecule has 2 aromatic rings. The number of rotatable bonds is 4. The van der Waals surface area contributed by atoms with Gasteiger partial charge in [-0.1, -0.05) is 13.3 Å². The number of aromatic hydroxyl groups is 1. The summed E-state index contributed by atoms with van der Waals surface area (Å²) < 4.78 is 14.8. The molecule has 3 N–H and O–H groups in total. The molecule has 0 amide bonds. The maximum atomic E-state index is 12.5. The lowest BCUT2D eigenvalue weighted by molar-refractivity contribution is 0.0459. The van der Waals surface area contributed by atoms with Gasteiger partial charge < -0.3 is 29.2 Å². The third kappa shape index (κ3) is 3.53. The van der Waals surface area contributed by atoms with E-state index < -0.39 is 29.8 Å². The van der Waals surface area contributed by atoms with Gasteiger partial charge in [-0.25, -0.2) is 9.59 Å². The van der Waals surface area contributed by atoms with E-state index in [4.69, 9.17) is 19.4 Å². The first-order valence-corrected chi connectivity index (χ1v) is 8.45. The van der Waals surface area contributed by atoms with Crippen LogP contribution >= 0.6 is 0 Å². The van der Waals surface area contributed by atoms with Gasteiger partial charge in [-0.2, -0.15) is 0 Å². The first-order chi connectivity index (χ1) is 12.8. The second-order valence-electron chi connectivity index (χ2n) is 6.28. The maximum Gasteiger partial charge on any atom is 0.513 e. The Morgan fingerprint density at radius 1 is 1.26 bits per heavy atom. The average Bonchev–Trinajstić information content (AvgIpc) is 2.56. The summed E-state index contributed by atoms with van der Waals surface area (Å²) in [6.45, 7) is 1.91. The van der Waals surface area contributed by atoms with Crippen LogP contribution in [0.15, 0.2) is 15.3 Å². The number of ether oxygens (including phenoxy) is 2. The lowest BCUT2D eigenvalue weighted by atomic mass is 9.83. The van der Waals surface area contributed by atoms with Crippen LogP contribution in [0.25, 0.3) is 11.0 Å². The summed E-state index contributed by atoms with van der Waals surface area (Å²) in [5.74, 6) is -0.727. The van der Waals surface area contributed by atoms with Gasteiger partial charge >= 0.3 is 12.3 Å². The van der Waals surface area contributed by atoms with E-state index in [0.29, 0.717) is 42.4 Å². The van der Waals surface area contributed by atoms with Gasteiger partial charge in [0.05, 0.1) is 6.07 Å². The summed E-state index contributed by atoms with van der Waals surface area (Å²) in [6, 6.07) is 0.872. The molecule has 0 saturated heterocycles.